The molecule has 4 heteroatoms. The fraction of sp³-hybridized carbons (Fsp3) is 0.588. The molecular weight excluding hydrogens is 268 g/mol. The number of hydrogen-bond acceptors (Lipinski definition) is 4. The minimum absolute atomic E-state index is 0.0921. The summed E-state index contributed by atoms with van der Waals surface area (Å²) in [5, 5.41) is 0. The van der Waals surface area contributed by atoms with Gasteiger partial charge in [-0.2, -0.15) is 0 Å². The summed E-state index contributed by atoms with van der Waals surface area (Å²) in [6, 6.07) is 5.67. The predicted octanol–water partition coefficient (Wildman–Crippen LogP) is 2.91. The van der Waals surface area contributed by atoms with Gasteiger partial charge in [0.05, 0.1) is 17.8 Å². The summed E-state index contributed by atoms with van der Waals surface area (Å²) in [5.41, 5.74) is 1.54. The van der Waals surface area contributed by atoms with Crippen LogP contribution < -0.4 is 4.74 Å². The zero-order valence-electron chi connectivity index (χ0n) is 12.5. The lowest BCUT2D eigenvalue weighted by molar-refractivity contribution is -0.155. The third-order valence-electron chi connectivity index (χ3n) is 4.51. The summed E-state index contributed by atoms with van der Waals surface area (Å²) in [7, 11) is 0. The summed E-state index contributed by atoms with van der Waals surface area (Å²) in [5.74, 6) is 0.724. The van der Waals surface area contributed by atoms with Gasteiger partial charge in [-0.1, -0.05) is 12.1 Å². The lowest BCUT2D eigenvalue weighted by atomic mass is 9.85. The van der Waals surface area contributed by atoms with E-state index in [0.717, 1.165) is 56.5 Å². The molecule has 0 aromatic heterocycles. The van der Waals surface area contributed by atoms with Crippen molar-refractivity contribution in [2.24, 2.45) is 0 Å². The average molecular weight is 290 g/mol. The second-order valence-corrected chi connectivity index (χ2v) is 5.99. The van der Waals surface area contributed by atoms with Gasteiger partial charge in [-0.15, -0.1) is 0 Å². The number of ether oxygens (including phenoxy) is 3. The largest absolute Gasteiger partial charge is 0.489 e. The Bertz CT molecular complexity index is 500. The molecule has 2 heterocycles. The van der Waals surface area contributed by atoms with E-state index in [1.165, 1.54) is 0 Å². The van der Waals surface area contributed by atoms with Gasteiger partial charge in [0.2, 0.25) is 0 Å². The standard InChI is InChI=1S/C17H22O4/c1-13-3-2-4-14(12-18)16(13)21-15-5-8-20-17(11-15)6-9-19-10-7-17/h2-4,12,15H,5-11H2,1H3. The van der Waals surface area contributed by atoms with Crippen molar-refractivity contribution in [2.45, 2.75) is 44.3 Å². The number of hydrogen-bond donors (Lipinski definition) is 0. The lowest BCUT2D eigenvalue weighted by Gasteiger charge is -2.43. The Hall–Kier alpha value is -1.39. The number of benzene rings is 1. The first-order valence-electron chi connectivity index (χ1n) is 7.66. The fourth-order valence-corrected chi connectivity index (χ4v) is 3.27. The molecule has 0 N–H and O–H groups in total. The molecule has 1 unspecified atom stereocenters. The van der Waals surface area contributed by atoms with Gasteiger partial charge in [0, 0.05) is 26.1 Å². The van der Waals surface area contributed by atoms with Crippen LogP contribution in [0.3, 0.4) is 0 Å². The zero-order valence-corrected chi connectivity index (χ0v) is 12.5. The monoisotopic (exact) mass is 290 g/mol. The van der Waals surface area contributed by atoms with Crippen LogP contribution in [0.25, 0.3) is 0 Å². The number of carbonyl (C=O) groups is 1. The highest BCUT2D eigenvalue weighted by Crippen LogP contribution is 2.36. The molecule has 1 aromatic rings. The lowest BCUT2D eigenvalue weighted by Crippen LogP contribution is -2.47. The van der Waals surface area contributed by atoms with Crippen molar-refractivity contribution >= 4 is 6.29 Å². The fourth-order valence-electron chi connectivity index (χ4n) is 3.27. The molecule has 0 aliphatic carbocycles. The first-order valence-corrected chi connectivity index (χ1v) is 7.66. The first kappa shape index (κ1) is 14.5. The SMILES string of the molecule is Cc1cccc(C=O)c1OC1CCOC2(CCOCC2)C1. The van der Waals surface area contributed by atoms with Gasteiger partial charge in [0.25, 0.3) is 0 Å². The third-order valence-corrected chi connectivity index (χ3v) is 4.51. The van der Waals surface area contributed by atoms with Crippen LogP contribution in [0.15, 0.2) is 18.2 Å². The maximum Gasteiger partial charge on any atom is 0.153 e. The Kier molecular flexibility index (Phi) is 4.27. The van der Waals surface area contributed by atoms with E-state index in [-0.39, 0.29) is 11.7 Å². The van der Waals surface area contributed by atoms with Crippen LogP contribution in [-0.2, 0) is 9.47 Å². The number of aldehydes is 1. The number of aryl methyl sites for hydroxylation is 1. The Labute approximate surface area is 125 Å². The average Bonchev–Trinajstić information content (AvgIpc) is 2.50. The Morgan fingerprint density at radius 3 is 2.86 bits per heavy atom. The topological polar surface area (TPSA) is 44.8 Å². The van der Waals surface area contributed by atoms with Crippen LogP contribution in [0, 0.1) is 6.92 Å². The minimum atomic E-state index is -0.0921. The van der Waals surface area contributed by atoms with Gasteiger partial charge < -0.3 is 14.2 Å². The number of para-hydroxylation sites is 1. The molecule has 2 fully saturated rings. The van der Waals surface area contributed by atoms with E-state index in [0.29, 0.717) is 12.2 Å². The van der Waals surface area contributed by atoms with E-state index in [4.69, 9.17) is 14.2 Å². The van der Waals surface area contributed by atoms with Crippen molar-refractivity contribution in [2.75, 3.05) is 19.8 Å². The Morgan fingerprint density at radius 2 is 2.10 bits per heavy atom. The summed E-state index contributed by atoms with van der Waals surface area (Å²) >= 11 is 0. The van der Waals surface area contributed by atoms with Crippen molar-refractivity contribution in [3.8, 4) is 5.75 Å². The molecule has 0 bridgehead atoms. The molecule has 0 saturated carbocycles. The van der Waals surface area contributed by atoms with Gasteiger partial charge in [0.15, 0.2) is 6.29 Å². The smallest absolute Gasteiger partial charge is 0.153 e. The molecule has 114 valence electrons. The molecule has 3 rings (SSSR count). The summed E-state index contributed by atoms with van der Waals surface area (Å²) in [4.78, 5) is 11.2. The van der Waals surface area contributed by atoms with Gasteiger partial charge in [0.1, 0.15) is 11.9 Å². The van der Waals surface area contributed by atoms with Crippen LogP contribution in [0.1, 0.15) is 41.6 Å². The second-order valence-electron chi connectivity index (χ2n) is 5.99. The normalized spacial score (nSPS) is 24.7. The maximum atomic E-state index is 11.2. The van der Waals surface area contributed by atoms with Crippen molar-refractivity contribution in [3.05, 3.63) is 29.3 Å². The highest BCUT2D eigenvalue weighted by molar-refractivity contribution is 5.80. The van der Waals surface area contributed by atoms with Crippen LogP contribution in [0.5, 0.6) is 5.75 Å². The highest BCUT2D eigenvalue weighted by atomic mass is 16.5. The predicted molar refractivity (Wildman–Crippen MR) is 79.0 cm³/mol. The van der Waals surface area contributed by atoms with E-state index in [9.17, 15) is 4.79 Å². The zero-order chi connectivity index (χ0) is 14.7. The minimum Gasteiger partial charge on any atom is -0.489 e. The molecule has 1 aromatic carbocycles. The molecule has 2 aliphatic heterocycles. The second kappa shape index (κ2) is 6.16. The van der Waals surface area contributed by atoms with Crippen LogP contribution >= 0.6 is 0 Å². The van der Waals surface area contributed by atoms with E-state index in [1.54, 1.807) is 6.07 Å². The molecule has 0 radical (unpaired) electrons. The molecule has 2 saturated heterocycles. The van der Waals surface area contributed by atoms with Crippen molar-refractivity contribution in [1.29, 1.82) is 0 Å². The van der Waals surface area contributed by atoms with E-state index in [2.05, 4.69) is 0 Å². The maximum absolute atomic E-state index is 11.2. The van der Waals surface area contributed by atoms with Gasteiger partial charge in [-0.25, -0.2) is 0 Å². The van der Waals surface area contributed by atoms with E-state index >= 15 is 0 Å². The van der Waals surface area contributed by atoms with Crippen molar-refractivity contribution in [3.63, 3.8) is 0 Å². The Morgan fingerprint density at radius 1 is 1.29 bits per heavy atom. The molecule has 1 atom stereocenters. The van der Waals surface area contributed by atoms with Crippen molar-refractivity contribution in [1.82, 2.24) is 0 Å². The molecular formula is C17H22O4. The summed E-state index contributed by atoms with van der Waals surface area (Å²) in [6.07, 6.45) is 4.59. The number of rotatable bonds is 3. The summed E-state index contributed by atoms with van der Waals surface area (Å²) in [6.45, 7) is 4.21. The molecule has 4 nitrogen and oxygen atoms in total. The van der Waals surface area contributed by atoms with Crippen LogP contribution in [0.2, 0.25) is 0 Å². The molecule has 1 spiro atoms. The molecule has 2 aliphatic rings. The molecule has 21 heavy (non-hydrogen) atoms. The number of carbonyl (C=O) groups excluding carboxylic acids is 1. The van der Waals surface area contributed by atoms with Gasteiger partial charge in [-0.3, -0.25) is 4.79 Å². The summed E-state index contributed by atoms with van der Waals surface area (Å²) < 4.78 is 17.7. The highest BCUT2D eigenvalue weighted by Gasteiger charge is 2.40. The van der Waals surface area contributed by atoms with Crippen LogP contribution in [0.4, 0.5) is 0 Å². The third kappa shape index (κ3) is 3.11. The Balaban J connectivity index is 1.74. The molecule has 0 amide bonds. The van der Waals surface area contributed by atoms with Gasteiger partial charge >= 0.3 is 0 Å². The van der Waals surface area contributed by atoms with Crippen molar-refractivity contribution < 1.29 is 19.0 Å². The first-order chi connectivity index (χ1) is 10.2. The van der Waals surface area contributed by atoms with Gasteiger partial charge in [-0.05, 0) is 31.4 Å². The van der Waals surface area contributed by atoms with E-state index < -0.39 is 0 Å². The van der Waals surface area contributed by atoms with Crippen LogP contribution in [-0.4, -0.2) is 37.8 Å². The van der Waals surface area contributed by atoms with E-state index in [1.807, 2.05) is 19.1 Å². The quantitative estimate of drug-likeness (QED) is 0.803.